The maximum atomic E-state index is 12.2. The molecule has 0 amide bonds. The number of benzene rings is 2. The van der Waals surface area contributed by atoms with Crippen LogP contribution in [0, 0.1) is 0 Å². The number of ether oxygens (including phenoxy) is 2. The van der Waals surface area contributed by atoms with E-state index in [2.05, 4.69) is 57.1 Å². The summed E-state index contributed by atoms with van der Waals surface area (Å²) in [6, 6.07) is 14.9. The van der Waals surface area contributed by atoms with Crippen molar-refractivity contribution in [3.8, 4) is 0 Å². The Morgan fingerprint density at radius 1 is 0.744 bits per heavy atom. The van der Waals surface area contributed by atoms with Gasteiger partial charge in [-0.2, -0.15) is 15.0 Å². The van der Waals surface area contributed by atoms with Gasteiger partial charge in [-0.3, -0.25) is 0 Å². The van der Waals surface area contributed by atoms with Gasteiger partial charge in [0.15, 0.2) is 17.4 Å². The Morgan fingerprint density at radius 2 is 1.19 bits per heavy atom. The predicted octanol–water partition coefficient (Wildman–Crippen LogP) is 6.50. The van der Waals surface area contributed by atoms with Gasteiger partial charge in [-0.05, 0) is 100 Å². The minimum absolute atomic E-state index is 0.325. The highest BCUT2D eigenvalue weighted by Crippen LogP contribution is 2.20. The van der Waals surface area contributed by atoms with Gasteiger partial charge in [-0.15, -0.1) is 0 Å². The smallest absolute Gasteiger partial charge is 0.338 e. The summed E-state index contributed by atoms with van der Waals surface area (Å²) < 4.78 is 16.7. The molecule has 2 aromatic carbocycles. The topological polar surface area (TPSA) is 137 Å². The van der Waals surface area contributed by atoms with Crippen molar-refractivity contribution in [2.24, 2.45) is 0 Å². The zero-order chi connectivity index (χ0) is 31.2. The Labute approximate surface area is 257 Å². The number of anilines is 5. The second kappa shape index (κ2) is 16.7. The maximum Gasteiger partial charge on any atom is 0.338 e. The minimum atomic E-state index is -1.53. The summed E-state index contributed by atoms with van der Waals surface area (Å²) in [7, 11) is -2.75. The molecule has 11 nitrogen and oxygen atoms in total. The van der Waals surface area contributed by atoms with Crippen LogP contribution in [0.2, 0.25) is 32.2 Å². The minimum Gasteiger partial charge on any atom is -0.462 e. The molecule has 0 bridgehead atoms. The average molecular weight is 625 g/mol. The first-order chi connectivity index (χ1) is 20.6. The summed E-state index contributed by atoms with van der Waals surface area (Å²) in [6.07, 6.45) is 2.47. The fourth-order valence-electron chi connectivity index (χ4n) is 4.01. The Bertz CT molecular complexity index is 1240. The van der Waals surface area contributed by atoms with E-state index in [0.29, 0.717) is 60.1 Å². The molecule has 232 valence electrons. The fourth-order valence-corrected chi connectivity index (χ4v) is 10.1. The Morgan fingerprint density at radius 3 is 1.60 bits per heavy atom. The van der Waals surface area contributed by atoms with E-state index >= 15 is 0 Å². The Hall–Kier alpha value is -3.82. The molecule has 1 aromatic heterocycles. The summed E-state index contributed by atoms with van der Waals surface area (Å²) in [5, 5.41) is 9.70. The molecule has 3 rings (SSSR count). The highest BCUT2D eigenvalue weighted by Gasteiger charge is 2.18. The van der Waals surface area contributed by atoms with E-state index in [9.17, 15) is 9.59 Å². The summed E-state index contributed by atoms with van der Waals surface area (Å²) >= 11 is 0. The number of carbonyl (C=O) groups is 2. The maximum absolute atomic E-state index is 12.2. The lowest BCUT2D eigenvalue weighted by molar-refractivity contribution is 0.0496. The Kier molecular flexibility index (Phi) is 13.1. The van der Waals surface area contributed by atoms with Crippen molar-refractivity contribution < 1.29 is 23.2 Å². The molecular formula is C30H44N6O5Si2. The highest BCUT2D eigenvalue weighted by atomic mass is 28.4. The summed E-state index contributed by atoms with van der Waals surface area (Å²) in [5.74, 6) is 0.351. The molecule has 13 heteroatoms. The lowest BCUT2D eigenvalue weighted by Crippen LogP contribution is -2.33. The zero-order valence-electron chi connectivity index (χ0n) is 26.0. The molecule has 0 aliphatic carbocycles. The SMILES string of the molecule is CCCOC(=O)c1ccc(Nc2nc(NCCC[SiH](C)O[Si](C)(C)C)nc(Nc3ccc(C(=O)OCCC)cc3)n2)cc1. The lowest BCUT2D eigenvalue weighted by atomic mass is 10.2. The molecule has 1 unspecified atom stereocenters. The van der Waals surface area contributed by atoms with Gasteiger partial charge in [0.25, 0.3) is 0 Å². The first-order valence-electron chi connectivity index (χ1n) is 14.8. The molecule has 0 aliphatic heterocycles. The van der Waals surface area contributed by atoms with E-state index in [4.69, 9.17) is 13.6 Å². The van der Waals surface area contributed by atoms with Gasteiger partial charge in [0.05, 0.1) is 24.3 Å². The largest absolute Gasteiger partial charge is 0.462 e. The molecule has 3 N–H and O–H groups in total. The van der Waals surface area contributed by atoms with Gasteiger partial charge in [-0.1, -0.05) is 13.8 Å². The molecular weight excluding hydrogens is 581 g/mol. The van der Waals surface area contributed by atoms with E-state index in [-0.39, 0.29) is 11.9 Å². The number of carbonyl (C=O) groups excluding carboxylic acids is 2. The van der Waals surface area contributed by atoms with E-state index in [1.54, 1.807) is 48.5 Å². The fraction of sp³-hybridized carbons (Fsp3) is 0.433. The molecule has 0 spiro atoms. The van der Waals surface area contributed by atoms with Gasteiger partial charge < -0.3 is 29.5 Å². The van der Waals surface area contributed by atoms with E-state index in [0.717, 1.165) is 25.3 Å². The highest BCUT2D eigenvalue weighted by molar-refractivity contribution is 6.77. The third kappa shape index (κ3) is 12.1. The summed E-state index contributed by atoms with van der Waals surface area (Å²) in [6.45, 7) is 14.3. The molecule has 3 aromatic rings. The molecule has 0 radical (unpaired) electrons. The van der Waals surface area contributed by atoms with Crippen LogP contribution in [-0.2, 0) is 13.6 Å². The van der Waals surface area contributed by atoms with Crippen LogP contribution < -0.4 is 16.0 Å². The van der Waals surface area contributed by atoms with E-state index in [1.807, 2.05) is 13.8 Å². The number of nitrogens with zero attached hydrogens (tertiary/aromatic N) is 3. The van der Waals surface area contributed by atoms with Crippen LogP contribution in [-0.4, -0.2) is 64.0 Å². The van der Waals surface area contributed by atoms with Crippen LogP contribution in [0.1, 0.15) is 53.8 Å². The van der Waals surface area contributed by atoms with Crippen LogP contribution >= 0.6 is 0 Å². The lowest BCUT2D eigenvalue weighted by Gasteiger charge is -2.23. The molecule has 1 atom stereocenters. The second-order valence-corrected chi connectivity index (χ2v) is 18.5. The molecule has 0 saturated heterocycles. The van der Waals surface area contributed by atoms with Crippen molar-refractivity contribution in [2.75, 3.05) is 35.7 Å². The molecule has 0 aliphatic rings. The van der Waals surface area contributed by atoms with Gasteiger partial charge in [0.1, 0.15) is 0 Å². The first kappa shape index (κ1) is 33.7. The quantitative estimate of drug-likeness (QED) is 0.0862. The average Bonchev–Trinajstić information content (AvgIpc) is 2.96. The summed E-state index contributed by atoms with van der Waals surface area (Å²) in [5.41, 5.74) is 2.34. The van der Waals surface area contributed by atoms with Gasteiger partial charge in [0.2, 0.25) is 17.8 Å². The van der Waals surface area contributed by atoms with Crippen LogP contribution in [0.15, 0.2) is 48.5 Å². The molecule has 0 saturated carbocycles. The normalized spacial score (nSPS) is 11.9. The first-order valence-corrected chi connectivity index (χ1v) is 20.7. The van der Waals surface area contributed by atoms with Crippen molar-refractivity contribution in [1.82, 2.24) is 15.0 Å². The number of esters is 2. The zero-order valence-corrected chi connectivity index (χ0v) is 28.2. The van der Waals surface area contributed by atoms with Crippen LogP contribution in [0.3, 0.4) is 0 Å². The van der Waals surface area contributed by atoms with Crippen molar-refractivity contribution in [3.63, 3.8) is 0 Å². The number of hydrogen-bond donors (Lipinski definition) is 3. The van der Waals surface area contributed by atoms with Crippen molar-refractivity contribution in [1.29, 1.82) is 0 Å². The Balaban J connectivity index is 1.73. The predicted molar refractivity (Wildman–Crippen MR) is 176 cm³/mol. The number of rotatable bonds is 17. The van der Waals surface area contributed by atoms with Crippen LogP contribution in [0.4, 0.5) is 29.2 Å². The van der Waals surface area contributed by atoms with Crippen LogP contribution in [0.25, 0.3) is 0 Å². The van der Waals surface area contributed by atoms with Gasteiger partial charge in [-0.25, -0.2) is 9.59 Å². The molecule has 1 heterocycles. The second-order valence-electron chi connectivity index (χ2n) is 11.1. The third-order valence-corrected chi connectivity index (χ3v) is 11.5. The third-order valence-electron chi connectivity index (χ3n) is 5.89. The number of hydrogen-bond acceptors (Lipinski definition) is 11. The molecule has 0 fully saturated rings. The standard InChI is InChI=1S/C30H44N6O5Si2/c1-7-19-39-26(37)22-10-14-24(15-11-22)32-29-34-28(31-18-9-21-42(3)41-43(4,5)6)35-30(36-29)33-25-16-12-23(13-17-25)27(38)40-20-8-2/h10-17,42H,7-9,18-21H2,1-6H3,(H3,31,32,33,34,35,36). The van der Waals surface area contributed by atoms with Crippen molar-refractivity contribution >= 4 is 58.5 Å². The van der Waals surface area contributed by atoms with E-state index in [1.165, 1.54) is 0 Å². The van der Waals surface area contributed by atoms with Gasteiger partial charge in [0, 0.05) is 17.9 Å². The van der Waals surface area contributed by atoms with Crippen molar-refractivity contribution in [3.05, 3.63) is 59.7 Å². The monoisotopic (exact) mass is 624 g/mol. The number of aromatic nitrogens is 3. The van der Waals surface area contributed by atoms with Gasteiger partial charge >= 0.3 is 11.9 Å². The number of nitrogens with one attached hydrogen (secondary N) is 3. The van der Waals surface area contributed by atoms with E-state index < -0.39 is 17.4 Å². The van der Waals surface area contributed by atoms with Crippen molar-refractivity contribution in [2.45, 2.75) is 65.3 Å². The molecule has 43 heavy (non-hydrogen) atoms. The summed E-state index contributed by atoms with van der Waals surface area (Å²) in [4.78, 5) is 38.0. The van der Waals surface area contributed by atoms with Crippen LogP contribution in [0.5, 0.6) is 0 Å².